The molecule has 0 saturated carbocycles. The Labute approximate surface area is 118 Å². The van der Waals surface area contributed by atoms with Crippen LogP contribution in [0.2, 0.25) is 0 Å². The predicted molar refractivity (Wildman–Crippen MR) is 76.1 cm³/mol. The van der Waals surface area contributed by atoms with Crippen LogP contribution >= 0.6 is 0 Å². The third-order valence-electron chi connectivity index (χ3n) is 2.67. The fraction of sp³-hybridized carbons (Fsp3) is 0.429. The molecule has 0 aliphatic carbocycles. The van der Waals surface area contributed by atoms with E-state index in [-0.39, 0.29) is 12.1 Å². The Balaban J connectivity index is 2.70. The van der Waals surface area contributed by atoms with E-state index in [1.54, 1.807) is 29.2 Å². The summed E-state index contributed by atoms with van der Waals surface area (Å²) in [5.74, 6) is -0.644. The van der Waals surface area contributed by atoms with Crippen LogP contribution < -0.4 is 10.1 Å². The molecule has 0 saturated heterocycles. The monoisotopic (exact) mass is 280 g/mol. The Bertz CT molecular complexity index is 474. The smallest absolute Gasteiger partial charge is 0.341 e. The highest BCUT2D eigenvalue weighted by Crippen LogP contribution is 2.18. The molecule has 2 amide bonds. The summed E-state index contributed by atoms with van der Waals surface area (Å²) >= 11 is 0. The first-order chi connectivity index (χ1) is 9.43. The second kappa shape index (κ2) is 7.37. The van der Waals surface area contributed by atoms with E-state index >= 15 is 0 Å². The number of rotatable bonds is 6. The maximum absolute atomic E-state index is 12.0. The molecule has 0 unspecified atom stereocenters. The van der Waals surface area contributed by atoms with Crippen LogP contribution in [0.15, 0.2) is 24.3 Å². The van der Waals surface area contributed by atoms with E-state index in [1.165, 1.54) is 0 Å². The molecular formula is C14H20N2O4. The van der Waals surface area contributed by atoms with Gasteiger partial charge in [-0.25, -0.2) is 9.59 Å². The Hall–Kier alpha value is -2.24. The highest BCUT2D eigenvalue weighted by molar-refractivity contribution is 5.89. The average molecular weight is 280 g/mol. The number of carboxylic acids is 1. The topological polar surface area (TPSA) is 78.9 Å². The summed E-state index contributed by atoms with van der Waals surface area (Å²) in [7, 11) is 0. The minimum Gasteiger partial charge on any atom is -0.482 e. The first-order valence-electron chi connectivity index (χ1n) is 6.46. The van der Waals surface area contributed by atoms with E-state index in [9.17, 15) is 9.59 Å². The lowest BCUT2D eigenvalue weighted by Crippen LogP contribution is -2.39. The molecule has 2 N–H and O–H groups in total. The van der Waals surface area contributed by atoms with Crippen LogP contribution in [0.25, 0.3) is 0 Å². The van der Waals surface area contributed by atoms with Crippen molar-refractivity contribution in [3.05, 3.63) is 24.3 Å². The van der Waals surface area contributed by atoms with E-state index in [0.29, 0.717) is 18.0 Å². The fourth-order valence-corrected chi connectivity index (χ4v) is 1.75. The van der Waals surface area contributed by atoms with Crippen molar-refractivity contribution in [2.24, 2.45) is 0 Å². The number of ether oxygens (including phenoxy) is 1. The zero-order chi connectivity index (χ0) is 15.1. The Morgan fingerprint density at radius 3 is 2.65 bits per heavy atom. The third-order valence-corrected chi connectivity index (χ3v) is 2.67. The van der Waals surface area contributed by atoms with Crippen LogP contribution in [0.1, 0.15) is 20.8 Å². The first kappa shape index (κ1) is 15.8. The number of amides is 2. The van der Waals surface area contributed by atoms with E-state index in [4.69, 9.17) is 9.84 Å². The van der Waals surface area contributed by atoms with Gasteiger partial charge in [0.05, 0.1) is 0 Å². The molecular weight excluding hydrogens is 260 g/mol. The van der Waals surface area contributed by atoms with Gasteiger partial charge in [-0.15, -0.1) is 0 Å². The molecule has 0 bridgehead atoms. The van der Waals surface area contributed by atoms with Crippen molar-refractivity contribution < 1.29 is 19.4 Å². The molecule has 0 atom stereocenters. The van der Waals surface area contributed by atoms with Crippen LogP contribution in [0.5, 0.6) is 5.75 Å². The van der Waals surface area contributed by atoms with Gasteiger partial charge in [0.1, 0.15) is 5.75 Å². The SMILES string of the molecule is CCN(C(=O)Nc1cccc(OCC(=O)O)c1)C(C)C. The van der Waals surface area contributed by atoms with Gasteiger partial charge in [0, 0.05) is 24.3 Å². The first-order valence-corrected chi connectivity index (χ1v) is 6.46. The van der Waals surface area contributed by atoms with Crippen LogP contribution in [-0.2, 0) is 4.79 Å². The Kier molecular flexibility index (Phi) is 5.83. The van der Waals surface area contributed by atoms with Gasteiger partial charge in [-0.05, 0) is 32.9 Å². The number of benzene rings is 1. The number of hydrogen-bond donors (Lipinski definition) is 2. The number of urea groups is 1. The summed E-state index contributed by atoms with van der Waals surface area (Å²) in [6.07, 6.45) is 0. The van der Waals surface area contributed by atoms with Crippen molar-refractivity contribution in [1.29, 1.82) is 0 Å². The molecule has 6 nitrogen and oxygen atoms in total. The molecule has 1 rings (SSSR count). The summed E-state index contributed by atoms with van der Waals surface area (Å²) in [5, 5.41) is 11.3. The molecule has 20 heavy (non-hydrogen) atoms. The fourth-order valence-electron chi connectivity index (χ4n) is 1.75. The number of carbonyl (C=O) groups is 2. The highest BCUT2D eigenvalue weighted by atomic mass is 16.5. The van der Waals surface area contributed by atoms with E-state index in [1.807, 2.05) is 20.8 Å². The normalized spacial score (nSPS) is 10.2. The molecule has 1 aromatic rings. The zero-order valence-electron chi connectivity index (χ0n) is 11.9. The molecule has 0 spiro atoms. The summed E-state index contributed by atoms with van der Waals surface area (Å²) in [5.41, 5.74) is 0.567. The summed E-state index contributed by atoms with van der Waals surface area (Å²) in [4.78, 5) is 24.2. The number of nitrogens with zero attached hydrogens (tertiary/aromatic N) is 1. The summed E-state index contributed by atoms with van der Waals surface area (Å²) < 4.78 is 5.06. The van der Waals surface area contributed by atoms with Crippen LogP contribution in [0, 0.1) is 0 Å². The van der Waals surface area contributed by atoms with Gasteiger partial charge >= 0.3 is 12.0 Å². The number of nitrogens with one attached hydrogen (secondary N) is 1. The second-order valence-electron chi connectivity index (χ2n) is 4.52. The Morgan fingerprint density at radius 1 is 1.40 bits per heavy atom. The number of anilines is 1. The largest absolute Gasteiger partial charge is 0.482 e. The molecule has 110 valence electrons. The lowest BCUT2D eigenvalue weighted by atomic mass is 10.3. The van der Waals surface area contributed by atoms with Gasteiger partial charge in [-0.3, -0.25) is 0 Å². The van der Waals surface area contributed by atoms with Gasteiger partial charge < -0.3 is 20.1 Å². The number of aliphatic carboxylic acids is 1. The summed E-state index contributed by atoms with van der Waals surface area (Å²) in [6.45, 7) is 5.99. The molecule has 0 heterocycles. The van der Waals surface area contributed by atoms with E-state index < -0.39 is 12.6 Å². The van der Waals surface area contributed by atoms with E-state index in [2.05, 4.69) is 5.32 Å². The number of carbonyl (C=O) groups excluding carboxylic acids is 1. The molecule has 0 aromatic heterocycles. The van der Waals surface area contributed by atoms with E-state index in [0.717, 1.165) is 0 Å². The predicted octanol–water partition coefficient (Wildman–Crippen LogP) is 2.41. The van der Waals surface area contributed by atoms with Crippen LogP contribution in [-0.4, -0.2) is 41.2 Å². The van der Waals surface area contributed by atoms with Crippen molar-refractivity contribution in [3.63, 3.8) is 0 Å². The van der Waals surface area contributed by atoms with Crippen molar-refractivity contribution in [2.75, 3.05) is 18.5 Å². The van der Waals surface area contributed by atoms with Gasteiger partial charge in [0.15, 0.2) is 6.61 Å². The second-order valence-corrected chi connectivity index (χ2v) is 4.52. The van der Waals surface area contributed by atoms with Gasteiger partial charge in [0.25, 0.3) is 0 Å². The third kappa shape index (κ3) is 4.79. The zero-order valence-corrected chi connectivity index (χ0v) is 11.9. The minimum absolute atomic E-state index is 0.103. The van der Waals surface area contributed by atoms with Gasteiger partial charge in [0.2, 0.25) is 0 Å². The van der Waals surface area contributed by atoms with Gasteiger partial charge in [-0.1, -0.05) is 6.07 Å². The van der Waals surface area contributed by atoms with Gasteiger partial charge in [-0.2, -0.15) is 0 Å². The number of carboxylic acid groups (broad SMARTS) is 1. The maximum Gasteiger partial charge on any atom is 0.341 e. The molecule has 0 aliphatic heterocycles. The Morgan fingerprint density at radius 2 is 2.10 bits per heavy atom. The molecule has 1 aromatic carbocycles. The van der Waals surface area contributed by atoms with Crippen LogP contribution in [0.4, 0.5) is 10.5 Å². The average Bonchev–Trinajstić information content (AvgIpc) is 2.37. The standard InChI is InChI=1S/C14H20N2O4/c1-4-16(10(2)3)14(19)15-11-6-5-7-12(8-11)20-9-13(17)18/h5-8,10H,4,9H2,1-3H3,(H,15,19)(H,17,18). The van der Waals surface area contributed by atoms with Crippen molar-refractivity contribution in [3.8, 4) is 5.75 Å². The lowest BCUT2D eigenvalue weighted by molar-refractivity contribution is -0.139. The molecule has 0 aliphatic rings. The minimum atomic E-state index is -1.04. The number of hydrogen-bond acceptors (Lipinski definition) is 3. The highest BCUT2D eigenvalue weighted by Gasteiger charge is 2.14. The van der Waals surface area contributed by atoms with Crippen molar-refractivity contribution >= 4 is 17.7 Å². The molecule has 0 fully saturated rings. The lowest BCUT2D eigenvalue weighted by Gasteiger charge is -2.25. The maximum atomic E-state index is 12.0. The van der Waals surface area contributed by atoms with Crippen molar-refractivity contribution in [1.82, 2.24) is 4.90 Å². The van der Waals surface area contributed by atoms with Crippen LogP contribution in [0.3, 0.4) is 0 Å². The van der Waals surface area contributed by atoms with Crippen molar-refractivity contribution in [2.45, 2.75) is 26.8 Å². The molecule has 6 heteroatoms. The quantitative estimate of drug-likeness (QED) is 0.838. The molecule has 0 radical (unpaired) electrons. The summed E-state index contributed by atoms with van der Waals surface area (Å²) in [6, 6.07) is 6.55.